The van der Waals surface area contributed by atoms with Crippen LogP contribution in [0.4, 0.5) is 0 Å². The van der Waals surface area contributed by atoms with Crippen LogP contribution in [0.3, 0.4) is 0 Å². The summed E-state index contributed by atoms with van der Waals surface area (Å²) >= 11 is 0. The number of nitrogens with zero attached hydrogens (tertiary/aromatic N) is 3. The number of carbonyl (C=O) groups is 2. The minimum atomic E-state index is -0.966. The van der Waals surface area contributed by atoms with Crippen LogP contribution >= 0.6 is 0 Å². The number of hydrogen-bond acceptors (Lipinski definition) is 5. The number of aromatic nitrogens is 2. The summed E-state index contributed by atoms with van der Waals surface area (Å²) in [5.74, 6) is -0.145. The molecule has 2 saturated heterocycles. The Balaban J connectivity index is 1.77. The standard InChI is InChI=1S/C18H22N4O4/c1-11(21-6-5-19-9-16(21)23)17-20-14-3-2-12(18(24)25)8-15(14)22(17)10-13-4-7-26-13/h2-3,8,11,13,19H,4-7,9-10H2,1H3,(H,24,25)/t11-,13-/m0/s1. The molecule has 2 aliphatic heterocycles. The van der Waals surface area contributed by atoms with Gasteiger partial charge in [0.25, 0.3) is 0 Å². The maximum atomic E-state index is 12.3. The average Bonchev–Trinajstić information content (AvgIpc) is 2.95. The van der Waals surface area contributed by atoms with Gasteiger partial charge in [0.05, 0.1) is 41.8 Å². The first kappa shape index (κ1) is 17.0. The largest absolute Gasteiger partial charge is 0.478 e. The number of carboxylic acids is 1. The summed E-state index contributed by atoms with van der Waals surface area (Å²) in [4.78, 5) is 30.2. The van der Waals surface area contributed by atoms with Gasteiger partial charge in [-0.1, -0.05) is 0 Å². The van der Waals surface area contributed by atoms with Crippen molar-refractivity contribution >= 4 is 22.9 Å². The van der Waals surface area contributed by atoms with Crippen LogP contribution in [-0.2, 0) is 16.1 Å². The van der Waals surface area contributed by atoms with Gasteiger partial charge in [0.2, 0.25) is 5.91 Å². The van der Waals surface area contributed by atoms with Crippen molar-refractivity contribution in [3.8, 4) is 0 Å². The van der Waals surface area contributed by atoms with Gasteiger partial charge in [0.15, 0.2) is 0 Å². The number of aromatic carboxylic acids is 1. The van der Waals surface area contributed by atoms with Gasteiger partial charge in [-0.05, 0) is 31.5 Å². The fourth-order valence-electron chi connectivity index (χ4n) is 3.59. The monoisotopic (exact) mass is 358 g/mol. The van der Waals surface area contributed by atoms with Gasteiger partial charge < -0.3 is 24.6 Å². The van der Waals surface area contributed by atoms with E-state index >= 15 is 0 Å². The molecule has 2 aliphatic rings. The maximum Gasteiger partial charge on any atom is 0.335 e. The molecule has 0 spiro atoms. The number of amides is 1. The Hall–Kier alpha value is -2.45. The SMILES string of the molecule is C[C@@H](c1nc2ccc(C(=O)O)cc2n1C[C@@H]1CCO1)N1CCNCC1=O. The Labute approximate surface area is 150 Å². The lowest BCUT2D eigenvalue weighted by atomic mass is 10.1. The van der Waals surface area contributed by atoms with E-state index in [-0.39, 0.29) is 23.6 Å². The lowest BCUT2D eigenvalue weighted by molar-refractivity contribution is -0.134. The van der Waals surface area contributed by atoms with Crippen LogP contribution in [0.5, 0.6) is 0 Å². The molecule has 4 rings (SSSR count). The molecule has 2 N–H and O–H groups in total. The number of imidazole rings is 1. The molecule has 0 unspecified atom stereocenters. The maximum absolute atomic E-state index is 12.3. The van der Waals surface area contributed by atoms with Gasteiger partial charge in [-0.2, -0.15) is 0 Å². The summed E-state index contributed by atoms with van der Waals surface area (Å²) in [5.41, 5.74) is 1.73. The topological polar surface area (TPSA) is 96.7 Å². The molecule has 1 aromatic heterocycles. The second kappa shape index (κ2) is 6.69. The van der Waals surface area contributed by atoms with E-state index in [0.717, 1.165) is 36.4 Å². The van der Waals surface area contributed by atoms with Crippen LogP contribution in [0.25, 0.3) is 11.0 Å². The quantitative estimate of drug-likeness (QED) is 0.828. The van der Waals surface area contributed by atoms with Gasteiger partial charge >= 0.3 is 5.97 Å². The Morgan fingerprint density at radius 2 is 2.31 bits per heavy atom. The van der Waals surface area contributed by atoms with E-state index in [1.807, 2.05) is 16.4 Å². The van der Waals surface area contributed by atoms with Crippen LogP contribution in [0, 0.1) is 0 Å². The third-order valence-corrected chi connectivity index (χ3v) is 5.17. The molecule has 26 heavy (non-hydrogen) atoms. The van der Waals surface area contributed by atoms with Gasteiger partial charge in [0.1, 0.15) is 5.82 Å². The Morgan fingerprint density at radius 1 is 1.50 bits per heavy atom. The minimum Gasteiger partial charge on any atom is -0.478 e. The predicted molar refractivity (Wildman–Crippen MR) is 94.0 cm³/mol. The summed E-state index contributed by atoms with van der Waals surface area (Å²) in [6.45, 7) is 5.05. The molecule has 3 heterocycles. The number of piperazine rings is 1. The van der Waals surface area contributed by atoms with Crippen molar-refractivity contribution in [3.63, 3.8) is 0 Å². The summed E-state index contributed by atoms with van der Waals surface area (Å²) in [5, 5.41) is 12.4. The molecule has 1 aromatic carbocycles. The van der Waals surface area contributed by atoms with Crippen molar-refractivity contribution in [1.82, 2.24) is 19.8 Å². The first-order valence-corrected chi connectivity index (χ1v) is 8.90. The third-order valence-electron chi connectivity index (χ3n) is 5.17. The lowest BCUT2D eigenvalue weighted by Gasteiger charge is -2.34. The molecule has 2 fully saturated rings. The Kier molecular flexibility index (Phi) is 4.37. The number of ether oxygens (including phenoxy) is 1. The van der Waals surface area contributed by atoms with Gasteiger partial charge in [-0.3, -0.25) is 4.79 Å². The fourth-order valence-corrected chi connectivity index (χ4v) is 3.59. The van der Waals surface area contributed by atoms with E-state index in [9.17, 15) is 14.7 Å². The van der Waals surface area contributed by atoms with E-state index < -0.39 is 5.97 Å². The molecule has 0 radical (unpaired) electrons. The highest BCUT2D eigenvalue weighted by atomic mass is 16.5. The van der Waals surface area contributed by atoms with Crippen molar-refractivity contribution in [2.24, 2.45) is 0 Å². The van der Waals surface area contributed by atoms with Crippen LogP contribution in [0.2, 0.25) is 0 Å². The molecule has 8 heteroatoms. The smallest absolute Gasteiger partial charge is 0.335 e. The number of benzene rings is 1. The Bertz CT molecular complexity index is 858. The second-order valence-corrected chi connectivity index (χ2v) is 6.81. The first-order chi connectivity index (χ1) is 12.5. The summed E-state index contributed by atoms with van der Waals surface area (Å²) in [7, 11) is 0. The summed E-state index contributed by atoms with van der Waals surface area (Å²) < 4.78 is 7.60. The van der Waals surface area contributed by atoms with E-state index in [2.05, 4.69) is 5.32 Å². The van der Waals surface area contributed by atoms with Crippen molar-refractivity contribution in [2.75, 3.05) is 26.2 Å². The number of carbonyl (C=O) groups excluding carboxylic acids is 1. The number of rotatable bonds is 5. The first-order valence-electron chi connectivity index (χ1n) is 8.90. The highest BCUT2D eigenvalue weighted by molar-refractivity contribution is 5.92. The third kappa shape index (κ3) is 2.95. The second-order valence-electron chi connectivity index (χ2n) is 6.81. The van der Waals surface area contributed by atoms with Crippen molar-refractivity contribution in [1.29, 1.82) is 0 Å². The predicted octanol–water partition coefficient (Wildman–Crippen LogP) is 1.02. The number of hydrogen-bond donors (Lipinski definition) is 2. The van der Waals surface area contributed by atoms with Crippen molar-refractivity contribution < 1.29 is 19.4 Å². The zero-order chi connectivity index (χ0) is 18.3. The zero-order valence-corrected chi connectivity index (χ0v) is 14.6. The van der Waals surface area contributed by atoms with Crippen LogP contribution in [0.1, 0.15) is 35.6 Å². The Morgan fingerprint density at radius 3 is 2.96 bits per heavy atom. The molecule has 138 valence electrons. The number of nitrogens with one attached hydrogen (secondary N) is 1. The molecule has 1 amide bonds. The van der Waals surface area contributed by atoms with E-state index in [4.69, 9.17) is 9.72 Å². The summed E-state index contributed by atoms with van der Waals surface area (Å²) in [6, 6.07) is 4.75. The molecular weight excluding hydrogens is 336 g/mol. The number of carboxylic acid groups (broad SMARTS) is 1. The molecule has 2 aromatic rings. The average molecular weight is 358 g/mol. The van der Waals surface area contributed by atoms with Gasteiger partial charge in [-0.15, -0.1) is 0 Å². The number of fused-ring (bicyclic) bond motifs is 1. The van der Waals surface area contributed by atoms with Crippen LogP contribution in [-0.4, -0.2) is 63.8 Å². The van der Waals surface area contributed by atoms with Crippen LogP contribution in [0.15, 0.2) is 18.2 Å². The molecule has 0 saturated carbocycles. The molecule has 0 bridgehead atoms. The van der Waals surface area contributed by atoms with Crippen molar-refractivity contribution in [3.05, 3.63) is 29.6 Å². The summed E-state index contributed by atoms with van der Waals surface area (Å²) in [6.07, 6.45) is 1.07. The van der Waals surface area contributed by atoms with E-state index in [1.54, 1.807) is 18.2 Å². The molecule has 0 aliphatic carbocycles. The van der Waals surface area contributed by atoms with Gasteiger partial charge in [-0.25, -0.2) is 9.78 Å². The normalized spacial score (nSPS) is 21.7. The minimum absolute atomic E-state index is 0.0495. The lowest BCUT2D eigenvalue weighted by Crippen LogP contribution is -2.49. The molecule has 8 nitrogen and oxygen atoms in total. The molecule has 2 atom stereocenters. The zero-order valence-electron chi connectivity index (χ0n) is 14.6. The van der Waals surface area contributed by atoms with E-state index in [0.29, 0.717) is 19.6 Å². The highest BCUT2D eigenvalue weighted by Gasteiger charge is 2.30. The van der Waals surface area contributed by atoms with Crippen molar-refractivity contribution in [2.45, 2.75) is 32.0 Å². The van der Waals surface area contributed by atoms with E-state index in [1.165, 1.54) is 0 Å². The highest BCUT2D eigenvalue weighted by Crippen LogP contribution is 2.28. The van der Waals surface area contributed by atoms with Crippen LogP contribution < -0.4 is 5.32 Å². The fraction of sp³-hybridized carbons (Fsp3) is 0.500. The molecular formula is C18H22N4O4. The van der Waals surface area contributed by atoms with Gasteiger partial charge in [0, 0.05) is 19.7 Å².